The molecule has 0 N–H and O–H groups in total. The molecule has 0 aromatic heterocycles. The summed E-state index contributed by atoms with van der Waals surface area (Å²) in [5, 5.41) is 5.00. The van der Waals surface area contributed by atoms with E-state index in [1.165, 1.54) is 43.8 Å². The minimum atomic E-state index is 1.08. The lowest BCUT2D eigenvalue weighted by molar-refractivity contribution is 1.64. The van der Waals surface area contributed by atoms with Gasteiger partial charge in [0.1, 0.15) is 0 Å². The third-order valence-corrected chi connectivity index (χ3v) is 5.43. The van der Waals surface area contributed by atoms with Gasteiger partial charge < -0.3 is 0 Å². The Kier molecular flexibility index (Phi) is 4.35. The summed E-state index contributed by atoms with van der Waals surface area (Å²) in [6, 6.07) is 36.6. The second-order valence-corrected chi connectivity index (χ2v) is 7.13. The van der Waals surface area contributed by atoms with E-state index in [4.69, 9.17) is 0 Å². The predicted octanol–water partition coefficient (Wildman–Crippen LogP) is 7.70. The first-order chi connectivity index (χ1) is 14.4. The fourth-order valence-electron chi connectivity index (χ4n) is 4.29. The summed E-state index contributed by atoms with van der Waals surface area (Å²) in [7, 11) is 0. The summed E-state index contributed by atoms with van der Waals surface area (Å²) in [6.07, 6.45) is 0. The molecule has 0 aliphatic heterocycles. The van der Waals surface area contributed by atoms with Gasteiger partial charge in [-0.25, -0.2) is 0 Å². The highest BCUT2D eigenvalue weighted by Crippen LogP contribution is 2.44. The molecule has 0 saturated carbocycles. The van der Waals surface area contributed by atoms with Crippen molar-refractivity contribution in [2.75, 3.05) is 0 Å². The molecule has 5 aromatic rings. The van der Waals surface area contributed by atoms with Crippen molar-refractivity contribution in [3.63, 3.8) is 0 Å². The molecule has 0 atom stereocenters. The maximum Gasteiger partial charge on any atom is 0.0330 e. The van der Waals surface area contributed by atoms with Crippen LogP contribution in [0.25, 0.3) is 43.8 Å². The van der Waals surface area contributed by atoms with E-state index in [1.54, 1.807) is 0 Å². The zero-order valence-corrected chi connectivity index (χ0v) is 16.3. The molecule has 0 unspecified atom stereocenters. The minimum absolute atomic E-state index is 1.08. The van der Waals surface area contributed by atoms with Crippen LogP contribution in [0.2, 0.25) is 0 Å². The Morgan fingerprint density at radius 3 is 1.62 bits per heavy atom. The first-order valence-corrected chi connectivity index (χ1v) is 9.89. The third-order valence-electron chi connectivity index (χ3n) is 5.43. The van der Waals surface area contributed by atoms with Gasteiger partial charge in [-0.05, 0) is 51.4 Å². The standard InChI is InChI=1S/C29H20/c1-2-12-21-17-11-20-26-27(22-13-5-3-6-14-22)24-18-9-10-19-25(24)28(29(21)26)23-15-7-4-8-16-23/h3-11,13-20H,1H3. The predicted molar refractivity (Wildman–Crippen MR) is 125 cm³/mol. The molecule has 0 radical (unpaired) electrons. The molecule has 5 rings (SSSR count). The van der Waals surface area contributed by atoms with Crippen molar-refractivity contribution >= 4 is 21.5 Å². The summed E-state index contributed by atoms with van der Waals surface area (Å²) in [5.41, 5.74) is 6.06. The van der Waals surface area contributed by atoms with Gasteiger partial charge in [-0.2, -0.15) is 0 Å². The van der Waals surface area contributed by atoms with Gasteiger partial charge >= 0.3 is 0 Å². The van der Waals surface area contributed by atoms with Crippen LogP contribution in [-0.2, 0) is 0 Å². The van der Waals surface area contributed by atoms with E-state index >= 15 is 0 Å². The van der Waals surface area contributed by atoms with E-state index in [2.05, 4.69) is 115 Å². The largest absolute Gasteiger partial charge is 0.101 e. The Balaban J connectivity index is 2.08. The molecular weight excluding hydrogens is 348 g/mol. The molecular formula is C29H20. The van der Waals surface area contributed by atoms with Crippen LogP contribution in [0.1, 0.15) is 12.5 Å². The summed E-state index contributed by atoms with van der Waals surface area (Å²) in [4.78, 5) is 0. The van der Waals surface area contributed by atoms with E-state index < -0.39 is 0 Å². The lowest BCUT2D eigenvalue weighted by atomic mass is 9.84. The fourth-order valence-corrected chi connectivity index (χ4v) is 4.29. The smallest absolute Gasteiger partial charge is 0.0330 e. The average Bonchev–Trinajstić information content (AvgIpc) is 2.79. The van der Waals surface area contributed by atoms with Crippen molar-refractivity contribution in [3.8, 4) is 34.1 Å². The molecule has 0 bridgehead atoms. The SMILES string of the molecule is CC#Cc1cccc2c(-c3ccccc3)c3ccccc3c(-c3ccccc3)c12. The van der Waals surface area contributed by atoms with Gasteiger partial charge in [0.05, 0.1) is 0 Å². The lowest BCUT2D eigenvalue weighted by Crippen LogP contribution is -1.93. The quantitative estimate of drug-likeness (QED) is 0.221. The van der Waals surface area contributed by atoms with Crippen molar-refractivity contribution in [1.29, 1.82) is 0 Å². The van der Waals surface area contributed by atoms with Gasteiger partial charge in [0.25, 0.3) is 0 Å². The number of hydrogen-bond donors (Lipinski definition) is 0. The Morgan fingerprint density at radius 2 is 1.00 bits per heavy atom. The van der Waals surface area contributed by atoms with Gasteiger partial charge in [0.2, 0.25) is 0 Å². The maximum atomic E-state index is 3.35. The van der Waals surface area contributed by atoms with Gasteiger partial charge in [0.15, 0.2) is 0 Å². The molecule has 0 nitrogen and oxygen atoms in total. The van der Waals surface area contributed by atoms with Gasteiger partial charge in [-0.3, -0.25) is 0 Å². The summed E-state index contributed by atoms with van der Waals surface area (Å²) in [6.45, 7) is 1.90. The highest BCUT2D eigenvalue weighted by atomic mass is 14.2. The third kappa shape index (κ3) is 2.89. The van der Waals surface area contributed by atoms with Gasteiger partial charge in [-0.15, -0.1) is 5.92 Å². The zero-order valence-electron chi connectivity index (χ0n) is 16.3. The normalized spacial score (nSPS) is 10.7. The Hall–Kier alpha value is -3.82. The van der Waals surface area contributed by atoms with Crippen molar-refractivity contribution < 1.29 is 0 Å². The van der Waals surface area contributed by atoms with Crippen LogP contribution >= 0.6 is 0 Å². The van der Waals surface area contributed by atoms with Crippen LogP contribution < -0.4 is 0 Å². The van der Waals surface area contributed by atoms with Crippen molar-refractivity contribution in [3.05, 3.63) is 109 Å². The molecule has 0 aliphatic carbocycles. The highest BCUT2D eigenvalue weighted by Gasteiger charge is 2.17. The van der Waals surface area contributed by atoms with E-state index in [0.717, 1.165) is 5.56 Å². The summed E-state index contributed by atoms with van der Waals surface area (Å²) < 4.78 is 0. The monoisotopic (exact) mass is 368 g/mol. The number of fused-ring (bicyclic) bond motifs is 2. The zero-order chi connectivity index (χ0) is 19.6. The molecule has 0 saturated heterocycles. The summed E-state index contributed by atoms with van der Waals surface area (Å²) >= 11 is 0. The first kappa shape index (κ1) is 17.3. The van der Waals surface area contributed by atoms with Crippen LogP contribution in [0.4, 0.5) is 0 Å². The molecule has 0 spiro atoms. The maximum absolute atomic E-state index is 3.35. The molecule has 0 heteroatoms. The number of benzene rings is 5. The Morgan fingerprint density at radius 1 is 0.483 bits per heavy atom. The van der Waals surface area contributed by atoms with Crippen LogP contribution in [0.15, 0.2) is 103 Å². The molecule has 0 heterocycles. The van der Waals surface area contributed by atoms with Crippen molar-refractivity contribution in [2.24, 2.45) is 0 Å². The van der Waals surface area contributed by atoms with Gasteiger partial charge in [0, 0.05) is 10.9 Å². The molecule has 0 amide bonds. The second kappa shape index (κ2) is 7.30. The number of hydrogen-bond acceptors (Lipinski definition) is 0. The molecule has 136 valence electrons. The van der Waals surface area contributed by atoms with Crippen LogP contribution in [0.3, 0.4) is 0 Å². The fraction of sp³-hybridized carbons (Fsp3) is 0.0345. The second-order valence-electron chi connectivity index (χ2n) is 7.13. The van der Waals surface area contributed by atoms with Crippen LogP contribution in [0, 0.1) is 11.8 Å². The van der Waals surface area contributed by atoms with E-state index in [9.17, 15) is 0 Å². The van der Waals surface area contributed by atoms with E-state index in [0.29, 0.717) is 0 Å². The minimum Gasteiger partial charge on any atom is -0.101 e. The number of rotatable bonds is 2. The van der Waals surface area contributed by atoms with Crippen molar-refractivity contribution in [2.45, 2.75) is 6.92 Å². The van der Waals surface area contributed by atoms with Crippen LogP contribution in [0.5, 0.6) is 0 Å². The molecule has 0 fully saturated rings. The van der Waals surface area contributed by atoms with E-state index in [1.807, 2.05) is 6.92 Å². The summed E-state index contributed by atoms with van der Waals surface area (Å²) in [5.74, 6) is 6.47. The molecule has 0 aliphatic rings. The van der Waals surface area contributed by atoms with Crippen molar-refractivity contribution in [1.82, 2.24) is 0 Å². The molecule has 29 heavy (non-hydrogen) atoms. The highest BCUT2D eigenvalue weighted by molar-refractivity contribution is 6.22. The average molecular weight is 368 g/mol. The van der Waals surface area contributed by atoms with E-state index in [-0.39, 0.29) is 0 Å². The first-order valence-electron chi connectivity index (χ1n) is 9.89. The van der Waals surface area contributed by atoms with Gasteiger partial charge in [-0.1, -0.05) is 103 Å². The molecule has 5 aromatic carbocycles. The Bertz CT molecular complexity index is 1380. The Labute approximate surface area is 171 Å². The topological polar surface area (TPSA) is 0 Å². The van der Waals surface area contributed by atoms with Crippen LogP contribution in [-0.4, -0.2) is 0 Å². The lowest BCUT2D eigenvalue weighted by Gasteiger charge is -2.18.